The summed E-state index contributed by atoms with van der Waals surface area (Å²) in [4.78, 5) is 24.7. The average molecular weight is 447 g/mol. The van der Waals surface area contributed by atoms with Crippen molar-refractivity contribution in [3.63, 3.8) is 0 Å². The smallest absolute Gasteiger partial charge is 0.252 e. The van der Waals surface area contributed by atoms with E-state index in [1.165, 1.54) is 13.2 Å². The molecule has 2 aromatic carbocycles. The number of guanidine groups is 1. The Balaban J connectivity index is 1.74. The predicted octanol–water partition coefficient (Wildman–Crippen LogP) is 3.18. The van der Waals surface area contributed by atoms with Crippen LogP contribution in [0.25, 0.3) is 16.6 Å². The van der Waals surface area contributed by atoms with E-state index in [-0.39, 0.29) is 12.5 Å². The van der Waals surface area contributed by atoms with Crippen LogP contribution in [-0.2, 0) is 16.2 Å². The van der Waals surface area contributed by atoms with Gasteiger partial charge in [-0.3, -0.25) is 20.4 Å². The first-order valence-electron chi connectivity index (χ1n) is 8.80. The third kappa shape index (κ3) is 5.04. The number of hydrogen-bond acceptors (Lipinski definition) is 5. The van der Waals surface area contributed by atoms with Crippen LogP contribution in [-0.4, -0.2) is 24.0 Å². The Bertz CT molecular complexity index is 1120. The Kier molecular flexibility index (Phi) is 6.83. The summed E-state index contributed by atoms with van der Waals surface area (Å²) in [6.07, 6.45) is 3.11. The lowest BCUT2D eigenvalue weighted by molar-refractivity contribution is -0.115. The lowest BCUT2D eigenvalue weighted by atomic mass is 10.1. The van der Waals surface area contributed by atoms with Gasteiger partial charge in [0.25, 0.3) is 5.91 Å². The summed E-state index contributed by atoms with van der Waals surface area (Å²) in [5.74, 6) is -0.537. The van der Waals surface area contributed by atoms with Gasteiger partial charge < -0.3 is 16.5 Å². The van der Waals surface area contributed by atoms with Crippen molar-refractivity contribution in [3.8, 4) is 0 Å². The standard InChI is InChI=1S/C20H20Cl2N6O2/c1-30-28-17(13-10-25-16-5-3-2-4-12(13)16)8-18(29)27-20(24)26-9-11-6-14(21)19(23)15(22)7-11/h2-8,10,25,28H,9,23H2,1H3,(H3,24,26,27,29). The molecule has 0 atom stereocenters. The minimum atomic E-state index is -0.477. The zero-order valence-corrected chi connectivity index (χ0v) is 17.5. The van der Waals surface area contributed by atoms with Crippen LogP contribution in [0.3, 0.4) is 0 Å². The number of aromatic nitrogens is 1. The molecule has 10 heteroatoms. The van der Waals surface area contributed by atoms with Crippen LogP contribution in [0.4, 0.5) is 5.69 Å². The highest BCUT2D eigenvalue weighted by molar-refractivity contribution is 6.38. The number of benzene rings is 2. The molecule has 0 saturated heterocycles. The molecule has 8 nitrogen and oxygen atoms in total. The maximum atomic E-state index is 12.4. The second kappa shape index (κ2) is 9.53. The molecule has 1 aromatic heterocycles. The number of hydroxylamine groups is 1. The first-order valence-corrected chi connectivity index (χ1v) is 9.56. The number of nitrogens with two attached hydrogens (primary N) is 2. The van der Waals surface area contributed by atoms with E-state index < -0.39 is 5.91 Å². The molecule has 3 aromatic rings. The minimum absolute atomic E-state index is 0.0592. The quantitative estimate of drug-likeness (QED) is 0.130. The van der Waals surface area contributed by atoms with Crippen molar-refractivity contribution in [1.82, 2.24) is 15.8 Å². The SMILES string of the molecule is CONC(=CC(=O)NC(N)=NCc1cc(Cl)c(N)c(Cl)c1)c1c[nH]c2ccccc12. The zero-order valence-electron chi connectivity index (χ0n) is 16.0. The largest absolute Gasteiger partial charge is 0.396 e. The number of anilines is 1. The number of aromatic amines is 1. The molecule has 0 fully saturated rings. The van der Waals surface area contributed by atoms with Gasteiger partial charge >= 0.3 is 0 Å². The number of carbonyl (C=O) groups excluding carboxylic acids is 1. The number of nitrogens with one attached hydrogen (secondary N) is 3. The number of fused-ring (bicyclic) bond motifs is 1. The molecule has 30 heavy (non-hydrogen) atoms. The number of hydrogen-bond donors (Lipinski definition) is 5. The molecule has 0 bridgehead atoms. The van der Waals surface area contributed by atoms with E-state index in [0.717, 1.165) is 16.5 Å². The van der Waals surface area contributed by atoms with Gasteiger partial charge in [-0.1, -0.05) is 41.4 Å². The van der Waals surface area contributed by atoms with Gasteiger partial charge in [-0.15, -0.1) is 0 Å². The van der Waals surface area contributed by atoms with Crippen molar-refractivity contribution in [1.29, 1.82) is 0 Å². The Morgan fingerprint density at radius 3 is 2.67 bits per heavy atom. The van der Waals surface area contributed by atoms with Crippen molar-refractivity contribution in [3.05, 3.63) is 69.8 Å². The van der Waals surface area contributed by atoms with Crippen LogP contribution in [0.1, 0.15) is 11.1 Å². The van der Waals surface area contributed by atoms with Crippen LogP contribution < -0.4 is 22.3 Å². The van der Waals surface area contributed by atoms with Crippen LogP contribution >= 0.6 is 23.2 Å². The molecule has 0 spiro atoms. The lowest BCUT2D eigenvalue weighted by Gasteiger charge is -2.09. The van der Waals surface area contributed by atoms with Gasteiger partial charge in [-0.2, -0.15) is 0 Å². The van der Waals surface area contributed by atoms with Crippen LogP contribution in [0, 0.1) is 0 Å². The molecule has 0 unspecified atom stereocenters. The molecule has 0 saturated carbocycles. The van der Waals surface area contributed by atoms with Crippen molar-refractivity contribution in [2.75, 3.05) is 12.8 Å². The van der Waals surface area contributed by atoms with Gasteiger partial charge in [0.15, 0.2) is 5.96 Å². The molecule has 0 radical (unpaired) electrons. The van der Waals surface area contributed by atoms with E-state index in [1.807, 2.05) is 24.3 Å². The van der Waals surface area contributed by atoms with Crippen molar-refractivity contribution < 1.29 is 9.63 Å². The molecule has 3 rings (SSSR count). The Morgan fingerprint density at radius 2 is 1.97 bits per heavy atom. The molecular formula is C20H20Cl2N6O2. The molecule has 1 heterocycles. The molecular weight excluding hydrogens is 427 g/mol. The maximum Gasteiger partial charge on any atom is 0.252 e. The van der Waals surface area contributed by atoms with E-state index in [4.69, 9.17) is 39.5 Å². The van der Waals surface area contributed by atoms with Gasteiger partial charge in [-0.05, 0) is 23.8 Å². The van der Waals surface area contributed by atoms with Crippen LogP contribution in [0.5, 0.6) is 0 Å². The number of para-hydroxylation sites is 1. The minimum Gasteiger partial charge on any atom is -0.396 e. The maximum absolute atomic E-state index is 12.4. The molecule has 0 aliphatic carbocycles. The van der Waals surface area contributed by atoms with E-state index in [9.17, 15) is 4.79 Å². The van der Waals surface area contributed by atoms with E-state index in [2.05, 4.69) is 20.8 Å². The second-order valence-electron chi connectivity index (χ2n) is 6.28. The summed E-state index contributed by atoms with van der Waals surface area (Å²) in [7, 11) is 1.46. The van der Waals surface area contributed by atoms with Gasteiger partial charge in [0.2, 0.25) is 0 Å². The van der Waals surface area contributed by atoms with E-state index >= 15 is 0 Å². The fourth-order valence-corrected chi connectivity index (χ4v) is 3.34. The number of nitrogens with zero attached hydrogens (tertiary/aromatic N) is 1. The van der Waals surface area contributed by atoms with E-state index in [1.54, 1.807) is 18.3 Å². The fraction of sp³-hybridized carbons (Fsp3) is 0.100. The molecule has 156 valence electrons. The third-order valence-electron chi connectivity index (χ3n) is 4.19. The normalized spacial score (nSPS) is 12.2. The fourth-order valence-electron chi connectivity index (χ4n) is 2.80. The highest BCUT2D eigenvalue weighted by Crippen LogP contribution is 2.29. The number of halogens is 2. The summed E-state index contributed by atoms with van der Waals surface area (Å²) in [5, 5.41) is 4.09. The van der Waals surface area contributed by atoms with Crippen LogP contribution in [0.2, 0.25) is 10.0 Å². The van der Waals surface area contributed by atoms with Crippen molar-refractivity contribution >= 4 is 57.4 Å². The Hall–Kier alpha value is -3.20. The molecule has 0 aliphatic rings. The number of carbonyl (C=O) groups is 1. The Morgan fingerprint density at radius 1 is 1.27 bits per heavy atom. The lowest BCUT2D eigenvalue weighted by Crippen LogP contribution is -2.36. The monoisotopic (exact) mass is 446 g/mol. The summed E-state index contributed by atoms with van der Waals surface area (Å²) in [5.41, 5.74) is 17.4. The summed E-state index contributed by atoms with van der Waals surface area (Å²) in [6, 6.07) is 11.0. The second-order valence-corrected chi connectivity index (χ2v) is 7.09. The van der Waals surface area contributed by atoms with Gasteiger partial charge in [0.05, 0.1) is 35.1 Å². The summed E-state index contributed by atoms with van der Waals surface area (Å²) >= 11 is 12.0. The highest BCUT2D eigenvalue weighted by atomic mass is 35.5. The first-order chi connectivity index (χ1) is 14.4. The van der Waals surface area contributed by atoms with E-state index in [0.29, 0.717) is 27.0 Å². The summed E-state index contributed by atoms with van der Waals surface area (Å²) < 4.78 is 0. The number of rotatable bonds is 6. The van der Waals surface area contributed by atoms with Crippen LogP contribution in [0.15, 0.2) is 53.7 Å². The number of aliphatic imine (C=N–C) groups is 1. The van der Waals surface area contributed by atoms with Gasteiger partial charge in [0.1, 0.15) is 0 Å². The predicted molar refractivity (Wildman–Crippen MR) is 121 cm³/mol. The van der Waals surface area contributed by atoms with Gasteiger partial charge in [-0.25, -0.2) is 4.99 Å². The number of nitrogen functional groups attached to an aromatic ring is 1. The van der Waals surface area contributed by atoms with Gasteiger partial charge in [0, 0.05) is 28.7 Å². The molecule has 0 aliphatic heterocycles. The molecule has 1 amide bonds. The number of amides is 1. The number of H-pyrrole nitrogens is 1. The first kappa shape index (κ1) is 21.5. The third-order valence-corrected chi connectivity index (χ3v) is 4.81. The van der Waals surface area contributed by atoms with Crippen molar-refractivity contribution in [2.24, 2.45) is 10.7 Å². The topological polar surface area (TPSA) is 131 Å². The Labute approximate surface area is 182 Å². The highest BCUT2D eigenvalue weighted by Gasteiger charge is 2.11. The molecule has 7 N–H and O–H groups in total. The average Bonchev–Trinajstić information content (AvgIpc) is 3.14. The zero-order chi connectivity index (χ0) is 21.7. The summed E-state index contributed by atoms with van der Waals surface area (Å²) in [6.45, 7) is 0.168. The van der Waals surface area contributed by atoms with Crippen molar-refractivity contribution in [2.45, 2.75) is 6.54 Å².